The summed E-state index contributed by atoms with van der Waals surface area (Å²) in [6.07, 6.45) is 2.98. The number of nitro groups is 1. The second kappa shape index (κ2) is 9.33. The predicted octanol–water partition coefficient (Wildman–Crippen LogP) is 6.01. The molecule has 8 heteroatoms. The monoisotopic (exact) mass is 448 g/mol. The van der Waals surface area contributed by atoms with Crippen LogP contribution in [0.1, 0.15) is 5.56 Å². The molecule has 0 fully saturated rings. The van der Waals surface area contributed by atoms with Gasteiger partial charge in [-0.15, -0.1) is 0 Å². The van der Waals surface area contributed by atoms with Crippen molar-refractivity contribution in [1.29, 1.82) is 0 Å². The third-order valence-electron chi connectivity index (χ3n) is 5.39. The number of benzene rings is 3. The van der Waals surface area contributed by atoms with Crippen molar-refractivity contribution in [2.45, 2.75) is 6.54 Å². The van der Waals surface area contributed by atoms with Gasteiger partial charge in [-0.05, 0) is 29.1 Å². The average Bonchev–Trinajstić information content (AvgIpc) is 2.88. The van der Waals surface area contributed by atoms with Gasteiger partial charge in [0.2, 0.25) is 11.6 Å². The van der Waals surface area contributed by atoms with E-state index in [9.17, 15) is 10.1 Å². The van der Waals surface area contributed by atoms with E-state index in [4.69, 9.17) is 0 Å². The Balaban J connectivity index is 1.63. The molecule has 0 unspecified atom stereocenters. The smallest absolute Gasteiger partial charge is 0.334 e. The van der Waals surface area contributed by atoms with E-state index in [1.807, 2.05) is 78.9 Å². The first-order valence-corrected chi connectivity index (χ1v) is 10.7. The van der Waals surface area contributed by atoms with Gasteiger partial charge in [0.25, 0.3) is 0 Å². The van der Waals surface area contributed by atoms with Crippen LogP contribution in [0.25, 0.3) is 10.8 Å². The molecule has 0 atom stereocenters. The van der Waals surface area contributed by atoms with Crippen LogP contribution < -0.4 is 10.2 Å². The molecular weight excluding hydrogens is 428 g/mol. The fourth-order valence-corrected chi connectivity index (χ4v) is 3.83. The molecule has 8 nitrogen and oxygen atoms in total. The van der Waals surface area contributed by atoms with Crippen LogP contribution in [0.2, 0.25) is 0 Å². The minimum absolute atomic E-state index is 0.111. The average molecular weight is 448 g/mol. The maximum absolute atomic E-state index is 12.3. The molecule has 166 valence electrons. The maximum atomic E-state index is 12.3. The Hall–Kier alpha value is -4.85. The van der Waals surface area contributed by atoms with E-state index >= 15 is 0 Å². The molecule has 0 bridgehead atoms. The van der Waals surface area contributed by atoms with Crippen molar-refractivity contribution in [3.63, 3.8) is 0 Å². The van der Waals surface area contributed by atoms with E-state index in [2.05, 4.69) is 20.3 Å². The van der Waals surface area contributed by atoms with Gasteiger partial charge >= 0.3 is 5.69 Å². The number of aromatic nitrogens is 3. The van der Waals surface area contributed by atoms with Crippen LogP contribution in [0.5, 0.6) is 0 Å². The van der Waals surface area contributed by atoms with Crippen molar-refractivity contribution in [2.24, 2.45) is 0 Å². The molecule has 0 aliphatic heterocycles. The van der Waals surface area contributed by atoms with Crippen LogP contribution in [0.3, 0.4) is 0 Å². The van der Waals surface area contributed by atoms with Gasteiger partial charge in [-0.3, -0.25) is 10.1 Å². The summed E-state index contributed by atoms with van der Waals surface area (Å²) in [4.78, 5) is 26.6. The minimum atomic E-state index is -0.455. The number of pyridine rings is 1. The molecule has 34 heavy (non-hydrogen) atoms. The summed E-state index contributed by atoms with van der Waals surface area (Å²) in [6.45, 7) is 0.351. The zero-order valence-electron chi connectivity index (χ0n) is 18.1. The molecule has 0 aliphatic rings. The lowest BCUT2D eigenvalue weighted by molar-refractivity contribution is -0.383. The topological polar surface area (TPSA) is 97.1 Å². The summed E-state index contributed by atoms with van der Waals surface area (Å²) in [7, 11) is 0. The molecule has 1 N–H and O–H groups in total. The number of hydrogen-bond acceptors (Lipinski definition) is 7. The zero-order chi connectivity index (χ0) is 23.3. The van der Waals surface area contributed by atoms with Crippen LogP contribution in [-0.2, 0) is 6.54 Å². The molecule has 5 aromatic rings. The molecule has 0 saturated carbocycles. The zero-order valence-corrected chi connectivity index (χ0v) is 18.1. The molecule has 2 aromatic heterocycles. The summed E-state index contributed by atoms with van der Waals surface area (Å²) in [5.74, 6) is 0.815. The molecule has 0 amide bonds. The first-order valence-electron chi connectivity index (χ1n) is 10.7. The van der Waals surface area contributed by atoms with Crippen LogP contribution in [0.4, 0.5) is 28.8 Å². The fraction of sp³-hybridized carbons (Fsp3) is 0.0385. The highest BCUT2D eigenvalue weighted by molar-refractivity contribution is 5.96. The van der Waals surface area contributed by atoms with Gasteiger partial charge in [0.05, 0.1) is 11.5 Å². The summed E-state index contributed by atoms with van der Waals surface area (Å²) in [6, 6.07) is 28.7. The number of rotatable bonds is 7. The van der Waals surface area contributed by atoms with E-state index in [-0.39, 0.29) is 17.3 Å². The Morgan fingerprint density at radius 2 is 1.59 bits per heavy atom. The standard InChI is InChI=1S/C26H20N6O2/c33-32(34)24-25(30-22-14-8-12-20-11-4-5-13-21(20)22)28-18-29-26(24)31(23-15-6-7-16-27-23)17-19-9-2-1-3-10-19/h1-16,18H,17H2,(H,28,29,30). The molecule has 5 rings (SSSR count). The van der Waals surface area contributed by atoms with Gasteiger partial charge < -0.3 is 10.2 Å². The third-order valence-corrected chi connectivity index (χ3v) is 5.39. The Morgan fingerprint density at radius 3 is 2.38 bits per heavy atom. The summed E-state index contributed by atoms with van der Waals surface area (Å²) in [5.41, 5.74) is 1.46. The highest BCUT2D eigenvalue weighted by Crippen LogP contribution is 2.38. The second-order valence-electron chi connectivity index (χ2n) is 7.56. The molecular formula is C26H20N6O2. The summed E-state index contributed by atoms with van der Waals surface area (Å²) in [5, 5.41) is 17.4. The molecule has 3 aromatic carbocycles. The van der Waals surface area contributed by atoms with Crippen molar-refractivity contribution in [3.8, 4) is 0 Å². The first kappa shape index (κ1) is 21.0. The largest absolute Gasteiger partial charge is 0.354 e. The quantitative estimate of drug-likeness (QED) is 0.240. The summed E-state index contributed by atoms with van der Waals surface area (Å²) < 4.78 is 0. The van der Waals surface area contributed by atoms with E-state index in [1.165, 1.54) is 6.33 Å². The van der Waals surface area contributed by atoms with Crippen molar-refractivity contribution < 1.29 is 4.92 Å². The highest BCUT2D eigenvalue weighted by Gasteiger charge is 2.29. The van der Waals surface area contributed by atoms with E-state index in [0.717, 1.165) is 22.0 Å². The van der Waals surface area contributed by atoms with Gasteiger partial charge in [0.15, 0.2) is 0 Å². The normalized spacial score (nSPS) is 10.7. The van der Waals surface area contributed by atoms with Gasteiger partial charge in [-0.2, -0.15) is 0 Å². The number of fused-ring (bicyclic) bond motifs is 1. The minimum Gasteiger partial charge on any atom is -0.334 e. The van der Waals surface area contributed by atoms with Gasteiger partial charge in [0, 0.05) is 17.3 Å². The van der Waals surface area contributed by atoms with E-state index < -0.39 is 4.92 Å². The number of nitrogens with one attached hydrogen (secondary N) is 1. The Morgan fingerprint density at radius 1 is 0.824 bits per heavy atom. The maximum Gasteiger partial charge on any atom is 0.354 e. The third kappa shape index (κ3) is 4.24. The first-order chi connectivity index (χ1) is 16.7. The van der Waals surface area contributed by atoms with Crippen LogP contribution in [0.15, 0.2) is 104 Å². The molecule has 0 radical (unpaired) electrons. The van der Waals surface area contributed by atoms with Crippen molar-refractivity contribution in [1.82, 2.24) is 15.0 Å². The lowest BCUT2D eigenvalue weighted by atomic mass is 10.1. The fourth-order valence-electron chi connectivity index (χ4n) is 3.83. The second-order valence-corrected chi connectivity index (χ2v) is 7.56. The molecule has 0 saturated heterocycles. The molecule has 0 aliphatic carbocycles. The number of hydrogen-bond donors (Lipinski definition) is 1. The van der Waals surface area contributed by atoms with E-state index in [1.54, 1.807) is 23.2 Å². The SMILES string of the molecule is O=[N+]([O-])c1c(Nc2cccc3ccccc23)ncnc1N(Cc1ccccc1)c1ccccn1. The number of nitrogens with zero attached hydrogens (tertiary/aromatic N) is 5. The van der Waals surface area contributed by atoms with Crippen LogP contribution in [-0.4, -0.2) is 19.9 Å². The Kier molecular flexibility index (Phi) is 5.77. The Labute approximate surface area is 195 Å². The molecule has 2 heterocycles. The van der Waals surface area contributed by atoms with Gasteiger partial charge in [-0.25, -0.2) is 15.0 Å². The molecule has 0 spiro atoms. The van der Waals surface area contributed by atoms with Crippen molar-refractivity contribution in [2.75, 3.05) is 10.2 Å². The van der Waals surface area contributed by atoms with Gasteiger partial charge in [-0.1, -0.05) is 72.8 Å². The Bertz CT molecular complexity index is 1440. The lowest BCUT2D eigenvalue weighted by Gasteiger charge is -2.23. The number of anilines is 4. The van der Waals surface area contributed by atoms with Crippen LogP contribution >= 0.6 is 0 Å². The van der Waals surface area contributed by atoms with Gasteiger partial charge in [0.1, 0.15) is 12.1 Å². The summed E-state index contributed by atoms with van der Waals surface area (Å²) >= 11 is 0. The van der Waals surface area contributed by atoms with Crippen LogP contribution in [0, 0.1) is 10.1 Å². The predicted molar refractivity (Wildman–Crippen MR) is 132 cm³/mol. The highest BCUT2D eigenvalue weighted by atomic mass is 16.6. The van der Waals surface area contributed by atoms with E-state index in [0.29, 0.717) is 12.4 Å². The van der Waals surface area contributed by atoms with Crippen molar-refractivity contribution in [3.05, 3.63) is 119 Å². The van der Waals surface area contributed by atoms with Crippen molar-refractivity contribution >= 4 is 39.6 Å². The lowest BCUT2D eigenvalue weighted by Crippen LogP contribution is -2.21.